The fourth-order valence-electron chi connectivity index (χ4n) is 3.62. The van der Waals surface area contributed by atoms with Crippen LogP contribution in [0, 0.1) is 5.92 Å². The third-order valence-corrected chi connectivity index (χ3v) is 5.95. The number of aromatic nitrogens is 1. The molecule has 2 N–H and O–H groups in total. The predicted octanol–water partition coefficient (Wildman–Crippen LogP) is 3.59. The average molecular weight is 429 g/mol. The van der Waals surface area contributed by atoms with E-state index in [-0.39, 0.29) is 29.7 Å². The molecule has 160 valence electrons. The van der Waals surface area contributed by atoms with Crippen LogP contribution in [-0.2, 0) is 14.4 Å². The Balaban J connectivity index is 1.65. The molecule has 0 saturated carbocycles. The van der Waals surface area contributed by atoms with Crippen LogP contribution in [0.15, 0.2) is 29.6 Å². The number of amides is 3. The van der Waals surface area contributed by atoms with E-state index in [1.807, 2.05) is 50.4 Å². The first kappa shape index (κ1) is 22.0. The van der Waals surface area contributed by atoms with E-state index in [1.165, 1.54) is 18.3 Å². The zero-order valence-corrected chi connectivity index (χ0v) is 18.6. The first-order valence-electron chi connectivity index (χ1n) is 10.2. The summed E-state index contributed by atoms with van der Waals surface area (Å²) in [6, 6.07) is 7.33. The fraction of sp³-hybridized carbons (Fsp3) is 0.455. The lowest BCUT2D eigenvalue weighted by Crippen LogP contribution is -2.44. The van der Waals surface area contributed by atoms with Crippen molar-refractivity contribution in [1.29, 1.82) is 0 Å². The number of hydrogen-bond donors (Lipinski definition) is 2. The molecule has 0 aliphatic carbocycles. The Bertz CT molecular complexity index is 923. The maximum Gasteiger partial charge on any atom is 0.248 e. The number of likely N-dealkylation sites (tertiary alicyclic amines) is 1. The summed E-state index contributed by atoms with van der Waals surface area (Å²) in [4.78, 5) is 42.5. The molecule has 7 nitrogen and oxygen atoms in total. The largest absolute Gasteiger partial charge is 0.350 e. The third kappa shape index (κ3) is 5.05. The summed E-state index contributed by atoms with van der Waals surface area (Å²) in [5, 5.41) is 8.16. The molecule has 1 aliphatic heterocycles. The smallest absolute Gasteiger partial charge is 0.248 e. The fourth-order valence-corrected chi connectivity index (χ4v) is 4.34. The lowest BCUT2D eigenvalue weighted by atomic mass is 10.1. The molecule has 3 amide bonds. The zero-order chi connectivity index (χ0) is 21.8. The molecule has 1 fully saturated rings. The van der Waals surface area contributed by atoms with Crippen molar-refractivity contribution < 1.29 is 14.4 Å². The number of benzene rings is 1. The Morgan fingerprint density at radius 3 is 2.50 bits per heavy atom. The molecule has 0 spiro atoms. The maximum absolute atomic E-state index is 12.7. The van der Waals surface area contributed by atoms with Crippen molar-refractivity contribution in [1.82, 2.24) is 15.2 Å². The van der Waals surface area contributed by atoms with Crippen molar-refractivity contribution in [2.24, 2.45) is 5.92 Å². The van der Waals surface area contributed by atoms with Gasteiger partial charge in [0.2, 0.25) is 17.7 Å². The van der Waals surface area contributed by atoms with Crippen molar-refractivity contribution in [2.75, 3.05) is 11.9 Å². The van der Waals surface area contributed by atoms with Crippen LogP contribution in [0.4, 0.5) is 5.13 Å². The molecular formula is C22H28N4O3S. The summed E-state index contributed by atoms with van der Waals surface area (Å²) in [5.74, 6) is -0.355. The van der Waals surface area contributed by atoms with Crippen LogP contribution in [0.5, 0.6) is 0 Å². The molecule has 8 heteroatoms. The molecule has 30 heavy (non-hydrogen) atoms. The first-order chi connectivity index (χ1) is 14.3. The minimum atomic E-state index is -0.429. The molecule has 1 aromatic heterocycles. The molecule has 1 aromatic carbocycles. The summed E-state index contributed by atoms with van der Waals surface area (Å²) in [6.07, 6.45) is 1.51. The van der Waals surface area contributed by atoms with E-state index in [1.54, 1.807) is 4.90 Å². The Hall–Kier alpha value is -2.74. The van der Waals surface area contributed by atoms with Crippen molar-refractivity contribution in [2.45, 2.75) is 52.6 Å². The third-order valence-electron chi connectivity index (χ3n) is 5.19. The van der Waals surface area contributed by atoms with Gasteiger partial charge in [0.25, 0.3) is 0 Å². The molecule has 0 radical (unpaired) electrons. The Labute approximate surface area is 180 Å². The van der Waals surface area contributed by atoms with E-state index in [2.05, 4.69) is 15.6 Å². The Morgan fingerprint density at radius 1 is 1.17 bits per heavy atom. The van der Waals surface area contributed by atoms with E-state index < -0.39 is 6.04 Å². The molecule has 2 heterocycles. The van der Waals surface area contributed by atoms with Gasteiger partial charge in [-0.2, -0.15) is 0 Å². The number of thiazole rings is 1. The normalized spacial score (nSPS) is 17.1. The van der Waals surface area contributed by atoms with Crippen LogP contribution in [0.3, 0.4) is 0 Å². The van der Waals surface area contributed by atoms with Crippen LogP contribution in [0.1, 0.15) is 52.1 Å². The quantitative estimate of drug-likeness (QED) is 0.736. The highest BCUT2D eigenvalue weighted by Gasteiger charge is 2.35. The zero-order valence-electron chi connectivity index (χ0n) is 17.8. The van der Waals surface area contributed by atoms with Crippen molar-refractivity contribution >= 4 is 34.2 Å². The van der Waals surface area contributed by atoms with Crippen LogP contribution in [0.25, 0.3) is 11.3 Å². The number of nitrogens with zero attached hydrogens (tertiary/aromatic N) is 2. The number of carbonyl (C=O) groups excluding carboxylic acids is 3. The van der Waals surface area contributed by atoms with Gasteiger partial charge in [-0.1, -0.05) is 38.1 Å². The minimum Gasteiger partial charge on any atom is -0.350 e. The number of nitrogens with one attached hydrogen (secondary N) is 2. The SMILES string of the molecule is CC(=O)NC(C)c1ccc(-c2csc(NC(=O)C3CCCN3C(=O)C(C)C)n2)cc1. The lowest BCUT2D eigenvalue weighted by Gasteiger charge is -2.25. The Morgan fingerprint density at radius 2 is 1.87 bits per heavy atom. The summed E-state index contributed by atoms with van der Waals surface area (Å²) in [6.45, 7) is 7.76. The molecular weight excluding hydrogens is 400 g/mol. The summed E-state index contributed by atoms with van der Waals surface area (Å²) in [7, 11) is 0. The van der Waals surface area contributed by atoms with Crippen LogP contribution in [-0.4, -0.2) is 40.2 Å². The molecule has 2 unspecified atom stereocenters. The Kier molecular flexibility index (Phi) is 6.87. The van der Waals surface area contributed by atoms with Gasteiger partial charge in [0, 0.05) is 30.3 Å². The van der Waals surface area contributed by atoms with Gasteiger partial charge in [-0.15, -0.1) is 11.3 Å². The van der Waals surface area contributed by atoms with Crippen LogP contribution >= 0.6 is 11.3 Å². The second-order valence-corrected chi connectivity index (χ2v) is 8.77. The van der Waals surface area contributed by atoms with Gasteiger partial charge in [-0.05, 0) is 25.3 Å². The molecule has 2 atom stereocenters. The van der Waals surface area contributed by atoms with Crippen molar-refractivity contribution in [3.63, 3.8) is 0 Å². The topological polar surface area (TPSA) is 91.4 Å². The highest BCUT2D eigenvalue weighted by atomic mass is 32.1. The minimum absolute atomic E-state index is 0.0149. The van der Waals surface area contributed by atoms with E-state index in [0.717, 1.165) is 23.2 Å². The molecule has 1 aliphatic rings. The molecule has 3 rings (SSSR count). The summed E-state index contributed by atoms with van der Waals surface area (Å²) < 4.78 is 0. The van der Waals surface area contributed by atoms with Crippen LogP contribution < -0.4 is 10.6 Å². The van der Waals surface area contributed by atoms with E-state index in [9.17, 15) is 14.4 Å². The van der Waals surface area contributed by atoms with E-state index >= 15 is 0 Å². The van der Waals surface area contributed by atoms with Gasteiger partial charge < -0.3 is 15.5 Å². The number of hydrogen-bond acceptors (Lipinski definition) is 5. The maximum atomic E-state index is 12.7. The van der Waals surface area contributed by atoms with E-state index in [4.69, 9.17) is 0 Å². The second kappa shape index (κ2) is 9.38. The van der Waals surface area contributed by atoms with Gasteiger partial charge in [0.15, 0.2) is 5.13 Å². The van der Waals surface area contributed by atoms with E-state index in [0.29, 0.717) is 18.1 Å². The standard InChI is InChI=1S/C22H28N4O3S/c1-13(2)21(29)26-11-5-6-19(26)20(28)25-22-24-18(12-30-22)17-9-7-16(8-10-17)14(3)23-15(4)27/h7-10,12-14,19H,5-6,11H2,1-4H3,(H,23,27)(H,24,25,28). The second-order valence-electron chi connectivity index (χ2n) is 7.92. The monoisotopic (exact) mass is 428 g/mol. The number of carbonyl (C=O) groups is 3. The van der Waals surface area contributed by atoms with Gasteiger partial charge >= 0.3 is 0 Å². The van der Waals surface area contributed by atoms with Crippen molar-refractivity contribution in [3.05, 3.63) is 35.2 Å². The summed E-state index contributed by atoms with van der Waals surface area (Å²) in [5.41, 5.74) is 2.72. The molecule has 0 bridgehead atoms. The molecule has 1 saturated heterocycles. The lowest BCUT2D eigenvalue weighted by molar-refractivity contribution is -0.139. The van der Waals surface area contributed by atoms with Gasteiger partial charge in [0.1, 0.15) is 6.04 Å². The van der Waals surface area contributed by atoms with Gasteiger partial charge in [-0.3, -0.25) is 14.4 Å². The average Bonchev–Trinajstić information content (AvgIpc) is 3.36. The first-order valence-corrected chi connectivity index (χ1v) is 11.1. The summed E-state index contributed by atoms with van der Waals surface area (Å²) >= 11 is 1.36. The predicted molar refractivity (Wildman–Crippen MR) is 118 cm³/mol. The number of anilines is 1. The molecule has 2 aromatic rings. The highest BCUT2D eigenvalue weighted by molar-refractivity contribution is 7.14. The number of rotatable bonds is 6. The van der Waals surface area contributed by atoms with Gasteiger partial charge in [-0.25, -0.2) is 4.98 Å². The highest BCUT2D eigenvalue weighted by Crippen LogP contribution is 2.27. The van der Waals surface area contributed by atoms with Crippen LogP contribution in [0.2, 0.25) is 0 Å². The van der Waals surface area contributed by atoms with Gasteiger partial charge in [0.05, 0.1) is 11.7 Å². The van der Waals surface area contributed by atoms with Crippen molar-refractivity contribution in [3.8, 4) is 11.3 Å².